The van der Waals surface area contributed by atoms with E-state index in [0.29, 0.717) is 0 Å². The summed E-state index contributed by atoms with van der Waals surface area (Å²) in [7, 11) is 0. The van der Waals surface area contributed by atoms with Crippen molar-refractivity contribution in [1.82, 2.24) is 5.32 Å². The van der Waals surface area contributed by atoms with Gasteiger partial charge in [-0.3, -0.25) is 0 Å². The summed E-state index contributed by atoms with van der Waals surface area (Å²) < 4.78 is 0. The van der Waals surface area contributed by atoms with Gasteiger partial charge >= 0.3 is 0 Å². The van der Waals surface area contributed by atoms with Crippen molar-refractivity contribution in [1.29, 1.82) is 0 Å². The minimum absolute atomic E-state index is 0.172. The number of nitrogens with two attached hydrogens (primary N) is 1. The summed E-state index contributed by atoms with van der Waals surface area (Å²) in [6, 6.07) is 5.06. The zero-order chi connectivity index (χ0) is 9.97. The molecule has 0 aliphatic heterocycles. The quantitative estimate of drug-likeness (QED) is 0.799. The van der Waals surface area contributed by atoms with Gasteiger partial charge in [-0.15, -0.1) is 11.3 Å². The van der Waals surface area contributed by atoms with Crippen LogP contribution in [0.3, 0.4) is 0 Å². The van der Waals surface area contributed by atoms with Gasteiger partial charge in [0.1, 0.15) is 0 Å². The molecule has 1 atom stereocenters. The first-order chi connectivity index (χ1) is 6.75. The topological polar surface area (TPSA) is 38.0 Å². The van der Waals surface area contributed by atoms with E-state index < -0.39 is 0 Å². The van der Waals surface area contributed by atoms with Gasteiger partial charge in [0.15, 0.2) is 0 Å². The third kappa shape index (κ3) is 2.35. The molecule has 0 aromatic carbocycles. The third-order valence-corrected chi connectivity index (χ3v) is 3.91. The fourth-order valence-electron chi connectivity index (χ4n) is 1.97. The van der Waals surface area contributed by atoms with Gasteiger partial charge < -0.3 is 11.1 Å². The number of rotatable bonds is 4. The Labute approximate surface area is 89.5 Å². The molecule has 0 radical (unpaired) electrons. The average molecular weight is 210 g/mol. The monoisotopic (exact) mass is 210 g/mol. The molecule has 78 valence electrons. The zero-order valence-corrected chi connectivity index (χ0v) is 9.39. The number of nitrogens with one attached hydrogen (secondary N) is 1. The summed E-state index contributed by atoms with van der Waals surface area (Å²) in [5.74, 6) is 0.908. The first-order valence-corrected chi connectivity index (χ1v) is 6.16. The van der Waals surface area contributed by atoms with Crippen molar-refractivity contribution < 1.29 is 0 Å². The summed E-state index contributed by atoms with van der Waals surface area (Å²) in [4.78, 5) is 1.28. The highest BCUT2D eigenvalue weighted by atomic mass is 32.1. The van der Waals surface area contributed by atoms with E-state index in [0.717, 1.165) is 18.5 Å². The molecule has 1 heterocycles. The molecule has 3 N–H and O–H groups in total. The second-order valence-electron chi connectivity index (χ2n) is 4.30. The lowest BCUT2D eigenvalue weighted by molar-refractivity contribution is 0.239. The van der Waals surface area contributed by atoms with Crippen molar-refractivity contribution in [2.45, 2.75) is 31.8 Å². The van der Waals surface area contributed by atoms with Gasteiger partial charge in [0.25, 0.3) is 0 Å². The molecule has 0 saturated heterocycles. The smallest absolute Gasteiger partial charge is 0.0516 e. The lowest BCUT2D eigenvalue weighted by Gasteiger charge is -2.34. The van der Waals surface area contributed by atoms with E-state index >= 15 is 0 Å². The lowest BCUT2D eigenvalue weighted by Crippen LogP contribution is -2.42. The molecule has 1 aliphatic rings. The Morgan fingerprint density at radius 3 is 3.00 bits per heavy atom. The van der Waals surface area contributed by atoms with Crippen LogP contribution in [0.4, 0.5) is 0 Å². The van der Waals surface area contributed by atoms with Crippen molar-refractivity contribution >= 4 is 11.3 Å². The van der Waals surface area contributed by atoms with Crippen LogP contribution in [0.5, 0.6) is 0 Å². The van der Waals surface area contributed by atoms with Crippen molar-refractivity contribution in [3.05, 3.63) is 22.4 Å². The summed E-state index contributed by atoms with van der Waals surface area (Å²) in [5, 5.41) is 5.60. The standard InChI is InChI=1S/C11H18N2S/c1-8-5-9(6-8)13-7-10(12)11-3-2-4-14-11/h2-4,8-10,13H,5-7,12H2,1H3. The van der Waals surface area contributed by atoms with Crippen molar-refractivity contribution in [2.24, 2.45) is 11.7 Å². The average Bonchev–Trinajstić information content (AvgIpc) is 2.62. The van der Waals surface area contributed by atoms with E-state index in [9.17, 15) is 0 Å². The molecule has 1 aliphatic carbocycles. The minimum atomic E-state index is 0.172. The van der Waals surface area contributed by atoms with E-state index in [1.165, 1.54) is 17.7 Å². The summed E-state index contributed by atoms with van der Waals surface area (Å²) >= 11 is 1.74. The van der Waals surface area contributed by atoms with Gasteiger partial charge in [-0.25, -0.2) is 0 Å². The van der Waals surface area contributed by atoms with E-state index in [4.69, 9.17) is 5.73 Å². The Bertz CT molecular complexity index is 265. The lowest BCUT2D eigenvalue weighted by atomic mass is 9.82. The molecule has 1 aromatic heterocycles. The molecule has 1 fully saturated rings. The van der Waals surface area contributed by atoms with Gasteiger partial charge in [-0.2, -0.15) is 0 Å². The van der Waals surface area contributed by atoms with Crippen LogP contribution in [-0.4, -0.2) is 12.6 Å². The molecule has 3 heteroatoms. The maximum absolute atomic E-state index is 6.05. The van der Waals surface area contributed by atoms with Crippen LogP contribution in [0.15, 0.2) is 17.5 Å². The normalized spacial score (nSPS) is 28.4. The molecule has 14 heavy (non-hydrogen) atoms. The van der Waals surface area contributed by atoms with E-state index in [1.54, 1.807) is 11.3 Å². The first-order valence-electron chi connectivity index (χ1n) is 5.28. The first kappa shape index (κ1) is 10.1. The van der Waals surface area contributed by atoms with Crippen LogP contribution in [0.25, 0.3) is 0 Å². The largest absolute Gasteiger partial charge is 0.322 e. The summed E-state index contributed by atoms with van der Waals surface area (Å²) in [6.45, 7) is 3.22. The SMILES string of the molecule is CC1CC(NCC(N)c2cccs2)C1. The van der Waals surface area contributed by atoms with Crippen LogP contribution in [0, 0.1) is 5.92 Å². The Hall–Kier alpha value is -0.380. The number of hydrogen-bond donors (Lipinski definition) is 2. The summed E-state index contributed by atoms with van der Waals surface area (Å²) in [5.41, 5.74) is 6.05. The molecular formula is C11H18N2S. The van der Waals surface area contributed by atoms with Gasteiger partial charge in [0, 0.05) is 17.5 Å². The van der Waals surface area contributed by atoms with Crippen LogP contribution >= 0.6 is 11.3 Å². The Morgan fingerprint density at radius 1 is 1.64 bits per heavy atom. The van der Waals surface area contributed by atoms with Gasteiger partial charge in [0.2, 0.25) is 0 Å². The zero-order valence-electron chi connectivity index (χ0n) is 8.57. The van der Waals surface area contributed by atoms with Crippen molar-refractivity contribution in [3.63, 3.8) is 0 Å². The van der Waals surface area contributed by atoms with Gasteiger partial charge in [-0.05, 0) is 30.2 Å². The fourth-order valence-corrected chi connectivity index (χ4v) is 2.70. The Morgan fingerprint density at radius 2 is 2.43 bits per heavy atom. The van der Waals surface area contributed by atoms with E-state index in [1.807, 2.05) is 0 Å². The predicted molar refractivity (Wildman–Crippen MR) is 61.4 cm³/mol. The van der Waals surface area contributed by atoms with Crippen LogP contribution < -0.4 is 11.1 Å². The fraction of sp³-hybridized carbons (Fsp3) is 0.636. The highest BCUT2D eigenvalue weighted by molar-refractivity contribution is 7.10. The molecule has 0 bridgehead atoms. The summed E-state index contributed by atoms with van der Waals surface area (Å²) in [6.07, 6.45) is 2.63. The molecular weight excluding hydrogens is 192 g/mol. The molecule has 1 aromatic rings. The van der Waals surface area contributed by atoms with Gasteiger partial charge in [0.05, 0.1) is 6.04 Å². The third-order valence-electron chi connectivity index (χ3n) is 2.91. The van der Waals surface area contributed by atoms with Crippen molar-refractivity contribution in [2.75, 3.05) is 6.54 Å². The molecule has 1 unspecified atom stereocenters. The predicted octanol–water partition coefficient (Wildman–Crippen LogP) is 2.14. The van der Waals surface area contributed by atoms with E-state index in [-0.39, 0.29) is 6.04 Å². The van der Waals surface area contributed by atoms with Gasteiger partial charge in [-0.1, -0.05) is 13.0 Å². The van der Waals surface area contributed by atoms with Crippen LogP contribution in [-0.2, 0) is 0 Å². The van der Waals surface area contributed by atoms with E-state index in [2.05, 4.69) is 29.8 Å². The molecule has 0 amide bonds. The molecule has 2 nitrogen and oxygen atoms in total. The molecule has 0 spiro atoms. The van der Waals surface area contributed by atoms with Crippen molar-refractivity contribution in [3.8, 4) is 0 Å². The molecule has 1 saturated carbocycles. The van der Waals surface area contributed by atoms with Crippen LogP contribution in [0.1, 0.15) is 30.7 Å². The second-order valence-corrected chi connectivity index (χ2v) is 5.28. The number of thiophene rings is 1. The highest BCUT2D eigenvalue weighted by Crippen LogP contribution is 2.26. The maximum Gasteiger partial charge on any atom is 0.0516 e. The highest BCUT2D eigenvalue weighted by Gasteiger charge is 2.25. The molecule has 2 rings (SSSR count). The number of hydrogen-bond acceptors (Lipinski definition) is 3. The Kier molecular flexibility index (Phi) is 3.21. The second kappa shape index (κ2) is 4.43. The minimum Gasteiger partial charge on any atom is -0.322 e. The maximum atomic E-state index is 6.05. The Balaban J connectivity index is 1.71. The van der Waals surface area contributed by atoms with Crippen LogP contribution in [0.2, 0.25) is 0 Å².